The average molecular weight is 261 g/mol. The van der Waals surface area contributed by atoms with Crippen LogP contribution in [0, 0.1) is 26.2 Å². The Labute approximate surface area is 117 Å². The Hall–Kier alpha value is -0.860. The molecule has 1 aliphatic carbocycles. The van der Waals surface area contributed by atoms with Crippen LogP contribution >= 0.6 is 0 Å². The van der Waals surface area contributed by atoms with Crippen molar-refractivity contribution in [1.82, 2.24) is 0 Å². The van der Waals surface area contributed by atoms with Crippen molar-refractivity contribution in [3.8, 4) is 0 Å². The van der Waals surface area contributed by atoms with Gasteiger partial charge in [0.2, 0.25) is 0 Å². The molecule has 0 saturated heterocycles. The molecule has 2 heteroatoms. The smallest absolute Gasteiger partial charge is 0.0863 e. The molecule has 0 aromatic heterocycles. The third-order valence-electron chi connectivity index (χ3n) is 4.85. The number of aryl methyl sites for hydroxylation is 3. The van der Waals surface area contributed by atoms with Crippen molar-refractivity contribution < 1.29 is 5.11 Å². The van der Waals surface area contributed by atoms with Crippen molar-refractivity contribution in [1.29, 1.82) is 0 Å². The molecular formula is C17H27NO. The molecule has 1 aromatic carbocycles. The zero-order valence-electron chi connectivity index (χ0n) is 12.5. The molecule has 0 amide bonds. The number of rotatable bonds is 3. The van der Waals surface area contributed by atoms with Gasteiger partial charge < -0.3 is 10.8 Å². The van der Waals surface area contributed by atoms with Gasteiger partial charge in [-0.15, -0.1) is 0 Å². The van der Waals surface area contributed by atoms with Crippen LogP contribution in [0.1, 0.15) is 60.5 Å². The summed E-state index contributed by atoms with van der Waals surface area (Å²) in [5.74, 6) is 0. The quantitative estimate of drug-likeness (QED) is 0.874. The summed E-state index contributed by atoms with van der Waals surface area (Å²) in [5.41, 5.74) is 10.7. The summed E-state index contributed by atoms with van der Waals surface area (Å²) in [6, 6.07) is 4.33. The van der Waals surface area contributed by atoms with Gasteiger partial charge >= 0.3 is 0 Å². The molecule has 3 N–H and O–H groups in total. The first-order valence-electron chi connectivity index (χ1n) is 7.46. The molecule has 2 nitrogen and oxygen atoms in total. The number of hydrogen-bond acceptors (Lipinski definition) is 2. The van der Waals surface area contributed by atoms with Crippen LogP contribution in [-0.2, 0) is 0 Å². The number of hydrogen-bond donors (Lipinski definition) is 2. The van der Waals surface area contributed by atoms with E-state index in [1.165, 1.54) is 36.0 Å². The highest BCUT2D eigenvalue weighted by Gasteiger charge is 2.39. The predicted molar refractivity (Wildman–Crippen MR) is 80.2 cm³/mol. The average Bonchev–Trinajstić information content (AvgIpc) is 2.38. The minimum absolute atomic E-state index is 0.108. The fraction of sp³-hybridized carbons (Fsp3) is 0.647. The van der Waals surface area contributed by atoms with Gasteiger partial charge in [0.05, 0.1) is 6.10 Å². The van der Waals surface area contributed by atoms with Crippen LogP contribution in [0.15, 0.2) is 12.1 Å². The second-order valence-electron chi connectivity index (χ2n) is 6.34. The standard InChI is InChI=1S/C17H27NO/c1-12-9-13(2)15(14(3)10-12)16(19)17(11-18)7-5-4-6-8-17/h9-10,16,19H,4-8,11,18H2,1-3H3. The molecule has 1 unspecified atom stereocenters. The molecule has 19 heavy (non-hydrogen) atoms. The Morgan fingerprint density at radius 2 is 1.63 bits per heavy atom. The van der Waals surface area contributed by atoms with Crippen molar-refractivity contribution in [3.05, 3.63) is 34.4 Å². The Kier molecular flexibility index (Phi) is 4.32. The zero-order chi connectivity index (χ0) is 14.0. The number of aliphatic hydroxyl groups excluding tert-OH is 1. The Morgan fingerprint density at radius 3 is 2.11 bits per heavy atom. The molecule has 1 atom stereocenters. The third-order valence-corrected chi connectivity index (χ3v) is 4.85. The van der Waals surface area contributed by atoms with Crippen LogP contribution in [-0.4, -0.2) is 11.7 Å². The monoisotopic (exact) mass is 261 g/mol. The summed E-state index contributed by atoms with van der Waals surface area (Å²) >= 11 is 0. The van der Waals surface area contributed by atoms with E-state index in [0.29, 0.717) is 6.54 Å². The summed E-state index contributed by atoms with van der Waals surface area (Å²) in [6.45, 7) is 6.90. The van der Waals surface area contributed by atoms with Crippen molar-refractivity contribution in [3.63, 3.8) is 0 Å². The maximum atomic E-state index is 11.0. The van der Waals surface area contributed by atoms with Crippen molar-refractivity contribution in [2.24, 2.45) is 11.1 Å². The lowest BCUT2D eigenvalue weighted by Crippen LogP contribution is -2.39. The fourth-order valence-corrected chi connectivity index (χ4v) is 3.77. The summed E-state index contributed by atoms with van der Waals surface area (Å²) < 4.78 is 0. The molecule has 1 fully saturated rings. The lowest BCUT2D eigenvalue weighted by atomic mass is 9.67. The first-order valence-corrected chi connectivity index (χ1v) is 7.46. The molecule has 106 valence electrons. The van der Waals surface area contributed by atoms with Gasteiger partial charge in [0, 0.05) is 12.0 Å². The summed E-state index contributed by atoms with van der Waals surface area (Å²) in [6.07, 6.45) is 5.35. The minimum Gasteiger partial charge on any atom is -0.388 e. The summed E-state index contributed by atoms with van der Waals surface area (Å²) in [7, 11) is 0. The highest BCUT2D eigenvalue weighted by Crippen LogP contribution is 2.46. The molecule has 0 heterocycles. The van der Waals surface area contributed by atoms with Crippen LogP contribution in [0.5, 0.6) is 0 Å². The van der Waals surface area contributed by atoms with Gasteiger partial charge in [-0.25, -0.2) is 0 Å². The van der Waals surface area contributed by atoms with Crippen molar-refractivity contribution in [2.45, 2.75) is 59.0 Å². The molecule has 1 saturated carbocycles. The van der Waals surface area contributed by atoms with Gasteiger partial charge in [0.25, 0.3) is 0 Å². The first-order chi connectivity index (χ1) is 9.00. The molecule has 1 aromatic rings. The largest absolute Gasteiger partial charge is 0.388 e. The maximum Gasteiger partial charge on any atom is 0.0863 e. The Morgan fingerprint density at radius 1 is 1.11 bits per heavy atom. The van der Waals surface area contributed by atoms with Crippen LogP contribution in [0.3, 0.4) is 0 Å². The Balaban J connectivity index is 2.40. The van der Waals surface area contributed by atoms with Crippen molar-refractivity contribution >= 4 is 0 Å². The molecule has 0 bridgehead atoms. The minimum atomic E-state index is -0.418. The van der Waals surface area contributed by atoms with Gasteiger partial charge in [0.15, 0.2) is 0 Å². The Bertz CT molecular complexity index is 424. The lowest BCUT2D eigenvalue weighted by Gasteiger charge is -2.41. The van der Waals surface area contributed by atoms with Crippen molar-refractivity contribution in [2.75, 3.05) is 6.54 Å². The fourth-order valence-electron chi connectivity index (χ4n) is 3.77. The van der Waals surface area contributed by atoms with E-state index in [4.69, 9.17) is 5.73 Å². The molecule has 2 rings (SSSR count). The van der Waals surface area contributed by atoms with Gasteiger partial charge in [-0.3, -0.25) is 0 Å². The van der Waals surface area contributed by atoms with Gasteiger partial charge in [0.1, 0.15) is 0 Å². The van der Waals surface area contributed by atoms with E-state index >= 15 is 0 Å². The highest BCUT2D eigenvalue weighted by atomic mass is 16.3. The van der Waals surface area contributed by atoms with E-state index in [2.05, 4.69) is 32.9 Å². The summed E-state index contributed by atoms with van der Waals surface area (Å²) in [4.78, 5) is 0. The zero-order valence-corrected chi connectivity index (χ0v) is 12.5. The van der Waals surface area contributed by atoms with Crippen LogP contribution in [0.4, 0.5) is 0 Å². The molecular weight excluding hydrogens is 234 g/mol. The lowest BCUT2D eigenvalue weighted by molar-refractivity contribution is -0.000104. The molecule has 1 aliphatic rings. The second-order valence-corrected chi connectivity index (χ2v) is 6.34. The number of benzene rings is 1. The summed E-state index contributed by atoms with van der Waals surface area (Å²) in [5, 5.41) is 11.0. The first kappa shape index (κ1) is 14.5. The van der Waals surface area contributed by atoms with Crippen LogP contribution in [0.25, 0.3) is 0 Å². The normalized spacial score (nSPS) is 20.3. The predicted octanol–water partition coefficient (Wildman–Crippen LogP) is 3.55. The maximum absolute atomic E-state index is 11.0. The topological polar surface area (TPSA) is 46.2 Å². The number of aliphatic hydroxyl groups is 1. The third kappa shape index (κ3) is 2.70. The van der Waals surface area contributed by atoms with E-state index in [-0.39, 0.29) is 5.41 Å². The van der Waals surface area contributed by atoms with E-state index in [1.54, 1.807) is 0 Å². The van der Waals surface area contributed by atoms with Gasteiger partial charge in [-0.1, -0.05) is 37.0 Å². The van der Waals surface area contributed by atoms with E-state index in [1.807, 2.05) is 0 Å². The van der Waals surface area contributed by atoms with Crippen LogP contribution < -0.4 is 5.73 Å². The number of nitrogens with two attached hydrogens (primary N) is 1. The van der Waals surface area contributed by atoms with Gasteiger partial charge in [-0.05, 0) is 50.3 Å². The molecule has 0 spiro atoms. The van der Waals surface area contributed by atoms with E-state index in [9.17, 15) is 5.11 Å². The SMILES string of the molecule is Cc1cc(C)c(C(O)C2(CN)CCCCC2)c(C)c1. The second kappa shape index (κ2) is 5.64. The van der Waals surface area contributed by atoms with E-state index in [0.717, 1.165) is 18.4 Å². The molecule has 0 aliphatic heterocycles. The van der Waals surface area contributed by atoms with Gasteiger partial charge in [-0.2, -0.15) is 0 Å². The van der Waals surface area contributed by atoms with Crippen LogP contribution in [0.2, 0.25) is 0 Å². The van der Waals surface area contributed by atoms with E-state index < -0.39 is 6.10 Å². The molecule has 0 radical (unpaired) electrons. The highest BCUT2D eigenvalue weighted by molar-refractivity contribution is 5.40.